The van der Waals surface area contributed by atoms with Crippen LogP contribution < -0.4 is 0 Å². The Morgan fingerprint density at radius 3 is 1.36 bits per heavy atom. The number of rotatable bonds is 8. The summed E-state index contributed by atoms with van der Waals surface area (Å²) in [7, 11) is 0. The molecule has 0 aliphatic heterocycles. The Labute approximate surface area is 150 Å². The van der Waals surface area contributed by atoms with E-state index in [1.54, 1.807) is 9.80 Å². The Morgan fingerprint density at radius 2 is 1.04 bits per heavy atom. The summed E-state index contributed by atoms with van der Waals surface area (Å²) in [6.45, 7) is 6.12. The van der Waals surface area contributed by atoms with E-state index in [0.717, 1.165) is 11.1 Å². The van der Waals surface area contributed by atoms with Crippen LogP contribution >= 0.6 is 0 Å². The molecule has 0 radical (unpaired) electrons. The van der Waals surface area contributed by atoms with Crippen LogP contribution in [0.1, 0.15) is 31.4 Å². The Bertz CT molecular complexity index is 611. The van der Waals surface area contributed by atoms with Crippen molar-refractivity contribution >= 4 is 11.8 Å². The zero-order valence-corrected chi connectivity index (χ0v) is 15.0. The molecule has 0 aromatic heterocycles. The minimum atomic E-state index is -0.122. The van der Waals surface area contributed by atoms with E-state index >= 15 is 0 Å². The van der Waals surface area contributed by atoms with Crippen molar-refractivity contribution in [3.05, 3.63) is 71.8 Å². The number of carbonyl (C=O) groups excluding carboxylic acids is 2. The summed E-state index contributed by atoms with van der Waals surface area (Å²) in [5.74, 6) is -0.245. The average molecular weight is 338 g/mol. The lowest BCUT2D eigenvalue weighted by Crippen LogP contribution is -2.37. The van der Waals surface area contributed by atoms with E-state index in [1.165, 1.54) is 0 Å². The number of amides is 2. The second kappa shape index (κ2) is 9.62. The summed E-state index contributed by atoms with van der Waals surface area (Å²) in [5, 5.41) is 0. The van der Waals surface area contributed by atoms with Crippen molar-refractivity contribution in [3.63, 3.8) is 0 Å². The number of hydrogen-bond donors (Lipinski definition) is 0. The van der Waals surface area contributed by atoms with Gasteiger partial charge in [0.25, 0.3) is 0 Å². The quantitative estimate of drug-likeness (QED) is 0.692. The second-order valence-corrected chi connectivity index (χ2v) is 5.96. The van der Waals surface area contributed by atoms with E-state index in [4.69, 9.17) is 0 Å². The standard InChI is InChI=1S/C21H26N2O2/c1-3-22(16-18-11-7-5-8-12-18)20(24)15-21(25)23(4-2)17-19-13-9-6-10-14-19/h5-14H,3-4,15-17H2,1-2H3. The summed E-state index contributed by atoms with van der Waals surface area (Å²) in [5.41, 5.74) is 2.14. The second-order valence-electron chi connectivity index (χ2n) is 5.96. The molecule has 0 saturated carbocycles. The number of benzene rings is 2. The van der Waals surface area contributed by atoms with E-state index in [-0.39, 0.29) is 18.2 Å². The molecule has 2 aromatic carbocycles. The molecule has 2 rings (SSSR count). The van der Waals surface area contributed by atoms with Crippen molar-refractivity contribution < 1.29 is 9.59 Å². The van der Waals surface area contributed by atoms with Gasteiger partial charge in [0.05, 0.1) is 0 Å². The lowest BCUT2D eigenvalue weighted by atomic mass is 10.2. The zero-order valence-electron chi connectivity index (χ0n) is 15.0. The van der Waals surface area contributed by atoms with Gasteiger partial charge in [-0.3, -0.25) is 9.59 Å². The van der Waals surface area contributed by atoms with E-state index < -0.39 is 0 Å². The van der Waals surface area contributed by atoms with Crippen LogP contribution in [0.5, 0.6) is 0 Å². The SMILES string of the molecule is CCN(Cc1ccccc1)C(=O)CC(=O)N(CC)Cc1ccccc1. The lowest BCUT2D eigenvalue weighted by Gasteiger charge is -2.24. The largest absolute Gasteiger partial charge is 0.338 e. The van der Waals surface area contributed by atoms with Gasteiger partial charge in [0.15, 0.2) is 0 Å². The van der Waals surface area contributed by atoms with Gasteiger partial charge in [-0.15, -0.1) is 0 Å². The molecule has 2 aromatic rings. The molecule has 0 bridgehead atoms. The fraction of sp³-hybridized carbons (Fsp3) is 0.333. The Balaban J connectivity index is 1.95. The monoisotopic (exact) mass is 338 g/mol. The Hall–Kier alpha value is -2.62. The molecule has 4 heteroatoms. The van der Waals surface area contributed by atoms with Crippen LogP contribution in [0.15, 0.2) is 60.7 Å². The van der Waals surface area contributed by atoms with Crippen molar-refractivity contribution in [2.45, 2.75) is 33.4 Å². The predicted octanol–water partition coefficient (Wildman–Crippen LogP) is 3.47. The van der Waals surface area contributed by atoms with Crippen LogP contribution in [0.3, 0.4) is 0 Å². The molecular formula is C21H26N2O2. The summed E-state index contributed by atoms with van der Waals surface area (Å²) >= 11 is 0. The topological polar surface area (TPSA) is 40.6 Å². The van der Waals surface area contributed by atoms with Crippen molar-refractivity contribution in [2.75, 3.05) is 13.1 Å². The fourth-order valence-electron chi connectivity index (χ4n) is 2.71. The van der Waals surface area contributed by atoms with Gasteiger partial charge in [0.1, 0.15) is 6.42 Å². The minimum absolute atomic E-state index is 0.0820. The van der Waals surface area contributed by atoms with E-state index in [9.17, 15) is 9.59 Å². The maximum atomic E-state index is 12.5. The van der Waals surface area contributed by atoms with Crippen LogP contribution in [0.4, 0.5) is 0 Å². The summed E-state index contributed by atoms with van der Waals surface area (Å²) in [4.78, 5) is 28.5. The van der Waals surface area contributed by atoms with Gasteiger partial charge in [-0.05, 0) is 25.0 Å². The van der Waals surface area contributed by atoms with Gasteiger partial charge in [-0.1, -0.05) is 60.7 Å². The maximum Gasteiger partial charge on any atom is 0.232 e. The highest BCUT2D eigenvalue weighted by Crippen LogP contribution is 2.09. The first-order valence-electron chi connectivity index (χ1n) is 8.77. The summed E-state index contributed by atoms with van der Waals surface area (Å²) in [6, 6.07) is 19.7. The summed E-state index contributed by atoms with van der Waals surface area (Å²) in [6.07, 6.45) is -0.0820. The van der Waals surface area contributed by atoms with Crippen molar-refractivity contribution in [3.8, 4) is 0 Å². The van der Waals surface area contributed by atoms with Gasteiger partial charge >= 0.3 is 0 Å². The molecule has 0 aliphatic rings. The van der Waals surface area contributed by atoms with Crippen LogP contribution in [-0.4, -0.2) is 34.7 Å². The van der Waals surface area contributed by atoms with Crippen LogP contribution in [0.25, 0.3) is 0 Å². The van der Waals surface area contributed by atoms with Crippen LogP contribution in [0, 0.1) is 0 Å². The molecule has 0 unspecified atom stereocenters. The van der Waals surface area contributed by atoms with Gasteiger partial charge in [-0.25, -0.2) is 0 Å². The highest BCUT2D eigenvalue weighted by molar-refractivity contribution is 5.96. The molecule has 0 heterocycles. The summed E-state index contributed by atoms with van der Waals surface area (Å²) < 4.78 is 0. The van der Waals surface area contributed by atoms with Crippen molar-refractivity contribution in [2.24, 2.45) is 0 Å². The molecule has 0 atom stereocenters. The first-order chi connectivity index (χ1) is 12.1. The Kier molecular flexibility index (Phi) is 7.20. The molecule has 25 heavy (non-hydrogen) atoms. The zero-order chi connectivity index (χ0) is 18.1. The van der Waals surface area contributed by atoms with Crippen molar-refractivity contribution in [1.82, 2.24) is 9.80 Å². The van der Waals surface area contributed by atoms with Crippen molar-refractivity contribution in [1.29, 1.82) is 0 Å². The van der Waals surface area contributed by atoms with Crippen LogP contribution in [-0.2, 0) is 22.7 Å². The highest BCUT2D eigenvalue weighted by Gasteiger charge is 2.20. The number of carbonyl (C=O) groups is 2. The fourth-order valence-corrected chi connectivity index (χ4v) is 2.71. The molecule has 0 N–H and O–H groups in total. The molecular weight excluding hydrogens is 312 g/mol. The Morgan fingerprint density at radius 1 is 0.680 bits per heavy atom. The van der Waals surface area contributed by atoms with E-state index in [0.29, 0.717) is 26.2 Å². The third-order valence-corrected chi connectivity index (χ3v) is 4.20. The van der Waals surface area contributed by atoms with E-state index in [1.807, 2.05) is 74.5 Å². The minimum Gasteiger partial charge on any atom is -0.338 e. The number of hydrogen-bond acceptors (Lipinski definition) is 2. The number of nitrogens with zero attached hydrogens (tertiary/aromatic N) is 2. The van der Waals surface area contributed by atoms with Gasteiger partial charge in [0, 0.05) is 26.2 Å². The molecule has 132 valence electrons. The van der Waals surface area contributed by atoms with Gasteiger partial charge in [-0.2, -0.15) is 0 Å². The van der Waals surface area contributed by atoms with Crippen LogP contribution in [0.2, 0.25) is 0 Å². The smallest absolute Gasteiger partial charge is 0.232 e. The first-order valence-corrected chi connectivity index (χ1v) is 8.77. The van der Waals surface area contributed by atoms with Gasteiger partial charge < -0.3 is 9.80 Å². The normalized spacial score (nSPS) is 10.3. The van der Waals surface area contributed by atoms with Gasteiger partial charge in [0.2, 0.25) is 11.8 Å². The molecule has 0 spiro atoms. The molecule has 0 fully saturated rings. The first kappa shape index (κ1) is 18.7. The average Bonchev–Trinajstić information content (AvgIpc) is 2.65. The highest BCUT2D eigenvalue weighted by atomic mass is 16.2. The molecule has 4 nitrogen and oxygen atoms in total. The lowest BCUT2D eigenvalue weighted by molar-refractivity contribution is -0.141. The maximum absolute atomic E-state index is 12.5. The molecule has 0 aliphatic carbocycles. The third-order valence-electron chi connectivity index (χ3n) is 4.20. The third kappa shape index (κ3) is 5.75. The van der Waals surface area contributed by atoms with E-state index in [2.05, 4.69) is 0 Å². The molecule has 0 saturated heterocycles. The molecule has 2 amide bonds. The predicted molar refractivity (Wildman–Crippen MR) is 99.7 cm³/mol.